The van der Waals surface area contributed by atoms with Gasteiger partial charge in [0.1, 0.15) is 0 Å². The second kappa shape index (κ2) is 5.28. The van der Waals surface area contributed by atoms with E-state index in [9.17, 15) is 14.9 Å². The first-order chi connectivity index (χ1) is 10.0. The zero-order valence-corrected chi connectivity index (χ0v) is 11.9. The Bertz CT molecular complexity index is 707. The molecule has 21 heavy (non-hydrogen) atoms. The first-order valence-corrected chi connectivity index (χ1v) is 7.39. The van der Waals surface area contributed by atoms with E-state index in [0.29, 0.717) is 31.4 Å². The van der Waals surface area contributed by atoms with E-state index in [1.807, 2.05) is 0 Å². The molecule has 1 fully saturated rings. The van der Waals surface area contributed by atoms with E-state index in [1.54, 1.807) is 6.07 Å². The van der Waals surface area contributed by atoms with Gasteiger partial charge in [0.05, 0.1) is 21.1 Å². The van der Waals surface area contributed by atoms with Crippen LogP contribution in [0.5, 0.6) is 0 Å². The van der Waals surface area contributed by atoms with Crippen molar-refractivity contribution in [3.8, 4) is 0 Å². The van der Waals surface area contributed by atoms with Crippen LogP contribution in [0.25, 0.3) is 10.2 Å². The fourth-order valence-corrected chi connectivity index (χ4v) is 3.47. The van der Waals surface area contributed by atoms with Crippen LogP contribution in [0.1, 0.15) is 12.8 Å². The molecule has 2 heterocycles. The van der Waals surface area contributed by atoms with Crippen molar-refractivity contribution in [3.05, 3.63) is 28.3 Å². The van der Waals surface area contributed by atoms with Crippen molar-refractivity contribution in [1.29, 1.82) is 0 Å². The molecule has 0 unspecified atom stereocenters. The van der Waals surface area contributed by atoms with Crippen molar-refractivity contribution in [2.24, 2.45) is 5.92 Å². The van der Waals surface area contributed by atoms with Crippen molar-refractivity contribution >= 4 is 38.3 Å². The van der Waals surface area contributed by atoms with Gasteiger partial charge in [0.15, 0.2) is 5.13 Å². The van der Waals surface area contributed by atoms with Crippen LogP contribution in [0.2, 0.25) is 0 Å². The summed E-state index contributed by atoms with van der Waals surface area (Å²) in [6, 6.07) is 4.65. The Kier molecular flexibility index (Phi) is 3.46. The van der Waals surface area contributed by atoms with E-state index in [4.69, 9.17) is 5.11 Å². The number of nitro groups is 1. The minimum Gasteiger partial charge on any atom is -0.481 e. The number of hydrogen-bond donors (Lipinski definition) is 1. The molecule has 0 amide bonds. The molecule has 1 N–H and O–H groups in total. The molecule has 0 atom stereocenters. The highest BCUT2D eigenvalue weighted by Gasteiger charge is 2.26. The SMILES string of the molecule is O=C(O)C1CCN(c2nc3cc([N+](=O)[O-])ccc3s2)CC1. The van der Waals surface area contributed by atoms with Crippen LogP contribution >= 0.6 is 11.3 Å². The van der Waals surface area contributed by atoms with Gasteiger partial charge in [-0.3, -0.25) is 14.9 Å². The summed E-state index contributed by atoms with van der Waals surface area (Å²) in [6.07, 6.45) is 1.21. The summed E-state index contributed by atoms with van der Waals surface area (Å²) in [4.78, 5) is 27.8. The first-order valence-electron chi connectivity index (χ1n) is 6.57. The average molecular weight is 307 g/mol. The van der Waals surface area contributed by atoms with Gasteiger partial charge in [-0.2, -0.15) is 0 Å². The van der Waals surface area contributed by atoms with Crippen molar-refractivity contribution < 1.29 is 14.8 Å². The molecule has 1 aromatic carbocycles. The lowest BCUT2D eigenvalue weighted by Crippen LogP contribution is -2.36. The maximum atomic E-state index is 10.9. The number of fused-ring (bicyclic) bond motifs is 1. The molecule has 110 valence electrons. The van der Waals surface area contributed by atoms with Gasteiger partial charge in [0.25, 0.3) is 5.69 Å². The highest BCUT2D eigenvalue weighted by molar-refractivity contribution is 7.22. The number of rotatable bonds is 3. The third-order valence-electron chi connectivity index (χ3n) is 3.69. The first kappa shape index (κ1) is 13.7. The number of carbonyl (C=O) groups is 1. The topological polar surface area (TPSA) is 96.6 Å². The molecule has 7 nitrogen and oxygen atoms in total. The molecule has 0 spiro atoms. The smallest absolute Gasteiger partial charge is 0.306 e. The number of thiazole rings is 1. The largest absolute Gasteiger partial charge is 0.481 e. The summed E-state index contributed by atoms with van der Waals surface area (Å²) < 4.78 is 0.899. The lowest BCUT2D eigenvalue weighted by Gasteiger charge is -2.29. The summed E-state index contributed by atoms with van der Waals surface area (Å²) >= 11 is 1.48. The molecule has 2 aromatic rings. The fraction of sp³-hybridized carbons (Fsp3) is 0.385. The van der Waals surface area contributed by atoms with Gasteiger partial charge in [-0.25, -0.2) is 4.98 Å². The van der Waals surface area contributed by atoms with E-state index < -0.39 is 10.9 Å². The molecule has 3 rings (SSSR count). The molecule has 0 aliphatic carbocycles. The zero-order chi connectivity index (χ0) is 15.0. The molecule has 8 heteroatoms. The predicted octanol–water partition coefficient (Wildman–Crippen LogP) is 2.51. The van der Waals surface area contributed by atoms with Crippen molar-refractivity contribution in [3.63, 3.8) is 0 Å². The molecule has 0 radical (unpaired) electrons. The van der Waals surface area contributed by atoms with E-state index >= 15 is 0 Å². The monoisotopic (exact) mass is 307 g/mol. The standard InChI is InChI=1S/C13H13N3O4S/c17-12(18)8-3-5-15(6-4-8)13-14-10-7-9(16(19)20)1-2-11(10)21-13/h1-2,7-8H,3-6H2,(H,17,18). The quantitative estimate of drug-likeness (QED) is 0.691. The third-order valence-corrected chi connectivity index (χ3v) is 4.78. The Labute approximate surface area is 124 Å². The molecule has 1 aromatic heterocycles. The fourth-order valence-electron chi connectivity index (χ4n) is 2.47. The second-order valence-corrected chi connectivity index (χ2v) is 6.01. The summed E-state index contributed by atoms with van der Waals surface area (Å²) in [5.41, 5.74) is 0.647. The Morgan fingerprint density at radius 2 is 2.14 bits per heavy atom. The molecule has 0 saturated carbocycles. The number of nitrogens with zero attached hydrogens (tertiary/aromatic N) is 3. The van der Waals surface area contributed by atoms with Crippen LogP contribution in [-0.4, -0.2) is 34.1 Å². The van der Waals surface area contributed by atoms with E-state index in [1.165, 1.54) is 23.5 Å². The van der Waals surface area contributed by atoms with Gasteiger partial charge >= 0.3 is 5.97 Å². The van der Waals surface area contributed by atoms with Crippen LogP contribution in [0.3, 0.4) is 0 Å². The van der Waals surface area contributed by atoms with Gasteiger partial charge in [0, 0.05) is 25.2 Å². The van der Waals surface area contributed by atoms with Crippen LogP contribution in [0, 0.1) is 16.0 Å². The number of anilines is 1. The number of piperidine rings is 1. The number of aliphatic carboxylic acids is 1. The van der Waals surface area contributed by atoms with E-state index in [2.05, 4.69) is 9.88 Å². The predicted molar refractivity (Wildman–Crippen MR) is 78.8 cm³/mol. The molecule has 1 aliphatic rings. The van der Waals surface area contributed by atoms with Gasteiger partial charge < -0.3 is 10.0 Å². The zero-order valence-electron chi connectivity index (χ0n) is 11.1. The van der Waals surface area contributed by atoms with Gasteiger partial charge in [-0.1, -0.05) is 11.3 Å². The van der Waals surface area contributed by atoms with Gasteiger partial charge in [0.2, 0.25) is 0 Å². The lowest BCUT2D eigenvalue weighted by molar-refractivity contribution is -0.384. The third kappa shape index (κ3) is 2.66. The second-order valence-electron chi connectivity index (χ2n) is 5.01. The highest BCUT2D eigenvalue weighted by atomic mass is 32.1. The van der Waals surface area contributed by atoms with Crippen molar-refractivity contribution in [2.75, 3.05) is 18.0 Å². The molecule has 1 saturated heterocycles. The normalized spacial score (nSPS) is 16.3. The number of hydrogen-bond acceptors (Lipinski definition) is 6. The maximum Gasteiger partial charge on any atom is 0.306 e. The van der Waals surface area contributed by atoms with Crippen LogP contribution in [-0.2, 0) is 4.79 Å². The van der Waals surface area contributed by atoms with Crippen molar-refractivity contribution in [1.82, 2.24) is 4.98 Å². The van der Waals surface area contributed by atoms with Crippen LogP contribution in [0.15, 0.2) is 18.2 Å². The van der Waals surface area contributed by atoms with Crippen molar-refractivity contribution in [2.45, 2.75) is 12.8 Å². The Hall–Kier alpha value is -2.22. The Morgan fingerprint density at radius 1 is 1.43 bits per heavy atom. The summed E-state index contributed by atoms with van der Waals surface area (Å²) in [5.74, 6) is -1.02. The minimum absolute atomic E-state index is 0.0314. The number of carboxylic acid groups (broad SMARTS) is 1. The number of non-ortho nitro benzene ring substituents is 1. The Balaban J connectivity index is 1.82. The number of benzene rings is 1. The molecule has 1 aliphatic heterocycles. The summed E-state index contributed by atoms with van der Waals surface area (Å²) in [7, 11) is 0. The minimum atomic E-state index is -0.741. The number of aromatic nitrogens is 1. The Morgan fingerprint density at radius 3 is 2.76 bits per heavy atom. The van der Waals surface area contributed by atoms with E-state index in [-0.39, 0.29) is 11.6 Å². The van der Waals surface area contributed by atoms with E-state index in [0.717, 1.165) is 9.83 Å². The average Bonchev–Trinajstić information content (AvgIpc) is 2.90. The van der Waals surface area contributed by atoms with Crippen LogP contribution < -0.4 is 4.90 Å². The summed E-state index contributed by atoms with van der Waals surface area (Å²) in [6.45, 7) is 1.30. The maximum absolute atomic E-state index is 10.9. The lowest BCUT2D eigenvalue weighted by atomic mass is 9.98. The van der Waals surface area contributed by atoms with Gasteiger partial charge in [-0.15, -0.1) is 0 Å². The molecular formula is C13H13N3O4S. The van der Waals surface area contributed by atoms with Crippen LogP contribution in [0.4, 0.5) is 10.8 Å². The highest BCUT2D eigenvalue weighted by Crippen LogP contribution is 2.33. The number of nitro benzene ring substituents is 1. The molecular weight excluding hydrogens is 294 g/mol. The molecule has 0 bridgehead atoms. The van der Waals surface area contributed by atoms with Gasteiger partial charge in [-0.05, 0) is 18.9 Å². The number of carboxylic acids is 1. The summed E-state index contributed by atoms with van der Waals surface area (Å²) in [5, 5.41) is 20.6.